The van der Waals surface area contributed by atoms with Crippen molar-refractivity contribution < 1.29 is 14.5 Å². The van der Waals surface area contributed by atoms with Gasteiger partial charge in [0, 0.05) is 11.1 Å². The van der Waals surface area contributed by atoms with Gasteiger partial charge in [-0.15, -0.1) is 11.3 Å². The molecule has 0 aliphatic carbocycles. The maximum Gasteiger partial charge on any atom is 0.280 e. The third-order valence-corrected chi connectivity index (χ3v) is 4.64. The summed E-state index contributed by atoms with van der Waals surface area (Å²) in [5.41, 5.74) is 2.80. The number of carbonyl (C=O) groups is 1. The van der Waals surface area contributed by atoms with Crippen LogP contribution in [0.5, 0.6) is 5.75 Å². The fourth-order valence-corrected chi connectivity index (χ4v) is 3.18. The van der Waals surface area contributed by atoms with Gasteiger partial charge in [-0.3, -0.25) is 14.9 Å². The molecule has 0 saturated carbocycles. The van der Waals surface area contributed by atoms with Crippen LogP contribution in [0.25, 0.3) is 0 Å². The number of rotatable bonds is 6. The number of nitrogens with zero attached hydrogens (tertiary/aromatic N) is 2. The number of halogens is 2. The Morgan fingerprint density at radius 3 is 2.88 bits per heavy atom. The molecule has 0 spiro atoms. The molecule has 1 aromatic heterocycles. The highest BCUT2D eigenvalue weighted by molar-refractivity contribution is 9.10. The third kappa shape index (κ3) is 5.02. The molecule has 10 heteroatoms. The van der Waals surface area contributed by atoms with Crippen LogP contribution in [0, 0.1) is 10.1 Å². The Morgan fingerprint density at radius 1 is 1.50 bits per heavy atom. The number of nitro groups is 1. The predicted molar refractivity (Wildman–Crippen MR) is 96.0 cm³/mol. The zero-order valence-corrected chi connectivity index (χ0v) is 15.4. The van der Waals surface area contributed by atoms with Crippen LogP contribution in [0.1, 0.15) is 11.8 Å². The van der Waals surface area contributed by atoms with Crippen LogP contribution in [0.4, 0.5) is 5.69 Å². The molecule has 0 fully saturated rings. The molecule has 0 saturated heterocycles. The molecular weight excluding hydrogens is 422 g/mol. The van der Waals surface area contributed by atoms with Crippen LogP contribution in [0.2, 0.25) is 5.02 Å². The quantitative estimate of drug-likeness (QED) is 0.424. The van der Waals surface area contributed by atoms with Gasteiger partial charge >= 0.3 is 0 Å². The lowest BCUT2D eigenvalue weighted by Gasteiger charge is -2.07. The molecule has 126 valence electrons. The van der Waals surface area contributed by atoms with Crippen molar-refractivity contribution >= 4 is 56.2 Å². The molecule has 1 aromatic carbocycles. The fourth-order valence-electron chi connectivity index (χ4n) is 1.58. The van der Waals surface area contributed by atoms with E-state index in [9.17, 15) is 14.9 Å². The summed E-state index contributed by atoms with van der Waals surface area (Å²) in [4.78, 5) is 22.5. The second-order valence-electron chi connectivity index (χ2n) is 4.52. The van der Waals surface area contributed by atoms with Gasteiger partial charge in [0.15, 0.2) is 6.61 Å². The minimum atomic E-state index is -0.482. The average molecular weight is 433 g/mol. The zero-order chi connectivity index (χ0) is 17.7. The van der Waals surface area contributed by atoms with Crippen molar-refractivity contribution in [1.82, 2.24) is 5.43 Å². The van der Waals surface area contributed by atoms with Gasteiger partial charge in [0.1, 0.15) is 5.75 Å². The monoisotopic (exact) mass is 431 g/mol. The van der Waals surface area contributed by atoms with E-state index in [2.05, 4.69) is 26.5 Å². The first kappa shape index (κ1) is 18.4. The van der Waals surface area contributed by atoms with Crippen molar-refractivity contribution in [3.05, 3.63) is 54.1 Å². The Morgan fingerprint density at radius 2 is 2.25 bits per heavy atom. The Bertz CT molecular complexity index is 809. The molecule has 0 aliphatic rings. The number of hydrogen-bond acceptors (Lipinski definition) is 6. The lowest BCUT2D eigenvalue weighted by Crippen LogP contribution is -2.25. The van der Waals surface area contributed by atoms with E-state index in [-0.39, 0.29) is 12.3 Å². The predicted octanol–water partition coefficient (Wildman–Crippen LogP) is 3.99. The molecule has 7 nitrogen and oxygen atoms in total. The van der Waals surface area contributed by atoms with Crippen LogP contribution in [0.15, 0.2) is 39.2 Å². The Kier molecular flexibility index (Phi) is 6.29. The summed E-state index contributed by atoms with van der Waals surface area (Å²) in [7, 11) is 0. The number of nitrogens with one attached hydrogen (secondary N) is 1. The van der Waals surface area contributed by atoms with E-state index in [1.54, 1.807) is 25.1 Å². The van der Waals surface area contributed by atoms with Crippen molar-refractivity contribution in [3.8, 4) is 5.75 Å². The summed E-state index contributed by atoms with van der Waals surface area (Å²) in [5, 5.41) is 16.5. The van der Waals surface area contributed by atoms with Crippen molar-refractivity contribution in [2.75, 3.05) is 6.61 Å². The molecule has 1 N–H and O–H groups in total. The van der Waals surface area contributed by atoms with Gasteiger partial charge in [0.05, 0.1) is 25.4 Å². The molecule has 1 amide bonds. The standard InChI is InChI=1S/C14H11BrClN3O4S/c1-8(13-5-10(7-24-13)19(21)22)17-18-14(20)6-23-12-3-2-9(16)4-11(12)15/h2-5,7H,6H2,1H3,(H,18,20). The number of amides is 1. The molecule has 1 heterocycles. The smallest absolute Gasteiger partial charge is 0.280 e. The van der Waals surface area contributed by atoms with Crippen molar-refractivity contribution in [2.45, 2.75) is 6.92 Å². The van der Waals surface area contributed by atoms with E-state index >= 15 is 0 Å². The van der Waals surface area contributed by atoms with E-state index in [1.165, 1.54) is 22.8 Å². The van der Waals surface area contributed by atoms with Gasteiger partial charge in [-0.25, -0.2) is 5.43 Å². The molecule has 2 aromatic rings. The van der Waals surface area contributed by atoms with E-state index in [1.807, 2.05) is 0 Å². The first-order valence-electron chi connectivity index (χ1n) is 6.51. The molecule has 0 bridgehead atoms. The maximum absolute atomic E-state index is 11.8. The van der Waals surface area contributed by atoms with Crippen LogP contribution < -0.4 is 10.2 Å². The summed E-state index contributed by atoms with van der Waals surface area (Å²) >= 11 is 10.3. The minimum Gasteiger partial charge on any atom is -0.483 e. The van der Waals surface area contributed by atoms with Crippen LogP contribution >= 0.6 is 38.9 Å². The Hall–Kier alpha value is -1.97. The molecular formula is C14H11BrClN3O4S. The normalized spacial score (nSPS) is 11.2. The highest BCUT2D eigenvalue weighted by Crippen LogP contribution is 2.27. The summed E-state index contributed by atoms with van der Waals surface area (Å²) in [5.74, 6) is 0.0198. The molecule has 0 atom stereocenters. The summed E-state index contributed by atoms with van der Waals surface area (Å²) in [6.45, 7) is 1.41. The van der Waals surface area contributed by atoms with Gasteiger partial charge in [0.2, 0.25) is 0 Å². The molecule has 2 rings (SSSR count). The first-order valence-corrected chi connectivity index (χ1v) is 8.56. The summed E-state index contributed by atoms with van der Waals surface area (Å²) < 4.78 is 5.99. The van der Waals surface area contributed by atoms with E-state index < -0.39 is 10.8 Å². The van der Waals surface area contributed by atoms with E-state index in [4.69, 9.17) is 16.3 Å². The van der Waals surface area contributed by atoms with Crippen molar-refractivity contribution in [3.63, 3.8) is 0 Å². The van der Waals surface area contributed by atoms with Gasteiger partial charge in [0.25, 0.3) is 11.6 Å². The highest BCUT2D eigenvalue weighted by atomic mass is 79.9. The number of carbonyl (C=O) groups excluding carboxylic acids is 1. The highest BCUT2D eigenvalue weighted by Gasteiger charge is 2.11. The minimum absolute atomic E-state index is 0.00759. The van der Waals surface area contributed by atoms with Crippen LogP contribution in [0.3, 0.4) is 0 Å². The first-order chi connectivity index (χ1) is 11.4. The molecule has 0 aliphatic heterocycles. The topological polar surface area (TPSA) is 93.8 Å². The molecule has 24 heavy (non-hydrogen) atoms. The lowest BCUT2D eigenvalue weighted by atomic mass is 10.3. The Labute approximate surface area is 154 Å². The zero-order valence-electron chi connectivity index (χ0n) is 12.3. The second kappa shape index (κ2) is 8.22. The van der Waals surface area contributed by atoms with Crippen LogP contribution in [-0.4, -0.2) is 23.1 Å². The molecule has 0 unspecified atom stereocenters. The number of ether oxygens (including phenoxy) is 1. The summed E-state index contributed by atoms with van der Waals surface area (Å²) in [6, 6.07) is 6.34. The Balaban J connectivity index is 1.90. The van der Waals surface area contributed by atoms with Gasteiger partial charge in [-0.05, 0) is 41.1 Å². The molecule has 0 radical (unpaired) electrons. The number of hydrazone groups is 1. The van der Waals surface area contributed by atoms with Gasteiger partial charge in [-0.2, -0.15) is 5.10 Å². The van der Waals surface area contributed by atoms with Crippen LogP contribution in [-0.2, 0) is 4.79 Å². The van der Waals surface area contributed by atoms with E-state index in [0.717, 1.165) is 0 Å². The number of hydrogen-bond donors (Lipinski definition) is 1. The fraction of sp³-hybridized carbons (Fsp3) is 0.143. The lowest BCUT2D eigenvalue weighted by molar-refractivity contribution is -0.384. The summed E-state index contributed by atoms with van der Waals surface area (Å²) in [6.07, 6.45) is 0. The maximum atomic E-state index is 11.8. The SMILES string of the molecule is CC(=NNC(=O)COc1ccc(Cl)cc1Br)c1cc([N+](=O)[O-])cs1. The largest absolute Gasteiger partial charge is 0.483 e. The second-order valence-corrected chi connectivity index (χ2v) is 6.72. The van der Waals surface area contributed by atoms with E-state index in [0.29, 0.717) is 25.8 Å². The number of benzene rings is 1. The van der Waals surface area contributed by atoms with Crippen molar-refractivity contribution in [2.24, 2.45) is 5.10 Å². The van der Waals surface area contributed by atoms with Gasteiger partial charge in [-0.1, -0.05) is 11.6 Å². The average Bonchev–Trinajstić information content (AvgIpc) is 3.02. The van der Waals surface area contributed by atoms with Crippen molar-refractivity contribution in [1.29, 1.82) is 0 Å². The van der Waals surface area contributed by atoms with Gasteiger partial charge < -0.3 is 4.74 Å². The number of thiophene rings is 1. The third-order valence-electron chi connectivity index (χ3n) is 2.75.